The quantitative estimate of drug-likeness (QED) is 0.663. The summed E-state index contributed by atoms with van der Waals surface area (Å²) in [6.45, 7) is 0.125. The van der Waals surface area contributed by atoms with Crippen molar-refractivity contribution in [1.29, 1.82) is 0 Å². The van der Waals surface area contributed by atoms with Gasteiger partial charge in [0.1, 0.15) is 5.60 Å². The minimum Gasteiger partial charge on any atom is -0.382 e. The van der Waals surface area contributed by atoms with E-state index in [1.165, 1.54) is 0 Å². The van der Waals surface area contributed by atoms with Crippen LogP contribution in [0.3, 0.4) is 0 Å². The molecule has 0 unspecified atom stereocenters. The largest absolute Gasteiger partial charge is 0.382 e. The summed E-state index contributed by atoms with van der Waals surface area (Å²) in [6, 6.07) is 7.01. The molecule has 0 aliphatic heterocycles. The van der Waals surface area contributed by atoms with Crippen molar-refractivity contribution in [2.75, 3.05) is 13.1 Å². The molecule has 0 aromatic heterocycles. The first-order valence-electron chi connectivity index (χ1n) is 4.01. The Kier molecular flexibility index (Phi) is 3.27. The van der Waals surface area contributed by atoms with Gasteiger partial charge in [-0.1, -0.05) is 29.8 Å². The van der Waals surface area contributed by atoms with Gasteiger partial charge in [0, 0.05) is 23.7 Å². The maximum atomic E-state index is 9.95. The van der Waals surface area contributed by atoms with Crippen molar-refractivity contribution < 1.29 is 5.11 Å². The van der Waals surface area contributed by atoms with Crippen molar-refractivity contribution in [2.45, 2.75) is 5.60 Å². The molecule has 0 spiro atoms. The van der Waals surface area contributed by atoms with Crippen LogP contribution >= 0.6 is 11.6 Å². The summed E-state index contributed by atoms with van der Waals surface area (Å²) in [7, 11) is 0. The zero-order valence-electron chi connectivity index (χ0n) is 7.20. The molecule has 0 bridgehead atoms. The first kappa shape index (κ1) is 10.5. The van der Waals surface area contributed by atoms with Gasteiger partial charge >= 0.3 is 0 Å². The summed E-state index contributed by atoms with van der Waals surface area (Å²) in [6.07, 6.45) is 0. The Morgan fingerprint density at radius 3 is 2.23 bits per heavy atom. The van der Waals surface area contributed by atoms with Crippen LogP contribution in [0.25, 0.3) is 0 Å². The van der Waals surface area contributed by atoms with E-state index in [9.17, 15) is 5.11 Å². The molecule has 0 radical (unpaired) electrons. The van der Waals surface area contributed by atoms with E-state index in [4.69, 9.17) is 23.1 Å². The Morgan fingerprint density at radius 2 is 1.77 bits per heavy atom. The number of benzene rings is 1. The van der Waals surface area contributed by atoms with Crippen LogP contribution in [0, 0.1) is 0 Å². The predicted molar refractivity (Wildman–Crippen MR) is 53.5 cm³/mol. The van der Waals surface area contributed by atoms with Gasteiger partial charge in [-0.25, -0.2) is 0 Å². The highest BCUT2D eigenvalue weighted by Crippen LogP contribution is 2.26. The van der Waals surface area contributed by atoms with E-state index in [0.717, 1.165) is 0 Å². The molecule has 0 fully saturated rings. The lowest BCUT2D eigenvalue weighted by atomic mass is 9.94. The molecule has 72 valence electrons. The van der Waals surface area contributed by atoms with Crippen molar-refractivity contribution >= 4 is 11.6 Å². The fourth-order valence-electron chi connectivity index (χ4n) is 1.14. The smallest absolute Gasteiger partial charge is 0.115 e. The number of hydrogen-bond acceptors (Lipinski definition) is 3. The Morgan fingerprint density at radius 1 is 1.23 bits per heavy atom. The van der Waals surface area contributed by atoms with Gasteiger partial charge in [0.05, 0.1) is 0 Å². The van der Waals surface area contributed by atoms with E-state index in [-0.39, 0.29) is 13.1 Å². The van der Waals surface area contributed by atoms with Crippen LogP contribution in [0.5, 0.6) is 0 Å². The molecule has 1 aromatic carbocycles. The van der Waals surface area contributed by atoms with Crippen molar-refractivity contribution in [3.63, 3.8) is 0 Å². The molecule has 13 heavy (non-hydrogen) atoms. The maximum Gasteiger partial charge on any atom is 0.115 e. The number of aliphatic hydroxyl groups is 1. The van der Waals surface area contributed by atoms with Gasteiger partial charge in [-0.2, -0.15) is 0 Å². The second-order valence-corrected chi connectivity index (χ2v) is 3.33. The highest BCUT2D eigenvalue weighted by Gasteiger charge is 2.27. The van der Waals surface area contributed by atoms with E-state index in [2.05, 4.69) is 0 Å². The summed E-state index contributed by atoms with van der Waals surface area (Å²) in [5, 5.41) is 10.4. The number of hydrogen-bond donors (Lipinski definition) is 3. The molecule has 3 nitrogen and oxygen atoms in total. The van der Waals surface area contributed by atoms with E-state index in [1.54, 1.807) is 24.3 Å². The van der Waals surface area contributed by atoms with Crippen LogP contribution < -0.4 is 11.5 Å². The van der Waals surface area contributed by atoms with Gasteiger partial charge in [0.25, 0.3) is 0 Å². The lowest BCUT2D eigenvalue weighted by Crippen LogP contribution is -2.42. The SMILES string of the molecule is NCC(O)(CN)c1ccccc1Cl. The Bertz CT molecular complexity index is 287. The molecule has 0 aliphatic carbocycles. The molecule has 1 rings (SSSR count). The van der Waals surface area contributed by atoms with Gasteiger partial charge in [0.2, 0.25) is 0 Å². The summed E-state index contributed by atoms with van der Waals surface area (Å²) in [4.78, 5) is 0. The first-order chi connectivity index (χ1) is 6.14. The van der Waals surface area contributed by atoms with Crippen LogP contribution in [0.2, 0.25) is 5.02 Å². The van der Waals surface area contributed by atoms with E-state index >= 15 is 0 Å². The van der Waals surface area contributed by atoms with Crippen molar-refractivity contribution in [1.82, 2.24) is 0 Å². The molecule has 5 N–H and O–H groups in total. The number of rotatable bonds is 3. The second-order valence-electron chi connectivity index (χ2n) is 2.92. The highest BCUT2D eigenvalue weighted by molar-refractivity contribution is 6.31. The normalized spacial score (nSPS) is 11.7. The van der Waals surface area contributed by atoms with Crippen LogP contribution in [0.1, 0.15) is 5.56 Å². The number of halogens is 1. The third-order valence-electron chi connectivity index (χ3n) is 2.05. The van der Waals surface area contributed by atoms with E-state index in [0.29, 0.717) is 10.6 Å². The predicted octanol–water partition coefficient (Wildman–Crippen LogP) is 0.445. The highest BCUT2D eigenvalue weighted by atomic mass is 35.5. The molecule has 0 heterocycles. The van der Waals surface area contributed by atoms with Crippen LogP contribution in [-0.2, 0) is 5.60 Å². The van der Waals surface area contributed by atoms with Crippen LogP contribution in [0.15, 0.2) is 24.3 Å². The molecule has 0 saturated heterocycles. The molecule has 0 atom stereocenters. The summed E-state index contributed by atoms with van der Waals surface area (Å²) in [5.41, 5.74) is 10.2. The second kappa shape index (κ2) is 4.07. The molecule has 0 saturated carbocycles. The van der Waals surface area contributed by atoms with Crippen molar-refractivity contribution in [2.24, 2.45) is 11.5 Å². The zero-order valence-corrected chi connectivity index (χ0v) is 7.96. The minimum absolute atomic E-state index is 0.0627. The third-order valence-corrected chi connectivity index (χ3v) is 2.38. The molecular formula is C9H13ClN2O. The Labute approximate surface area is 82.3 Å². The maximum absolute atomic E-state index is 9.95. The van der Waals surface area contributed by atoms with E-state index < -0.39 is 5.60 Å². The zero-order chi connectivity index (χ0) is 9.90. The van der Waals surface area contributed by atoms with Gasteiger partial charge in [0.15, 0.2) is 0 Å². The monoisotopic (exact) mass is 200 g/mol. The van der Waals surface area contributed by atoms with Crippen LogP contribution in [-0.4, -0.2) is 18.2 Å². The molecule has 0 amide bonds. The summed E-state index contributed by atoms with van der Waals surface area (Å²) < 4.78 is 0. The van der Waals surface area contributed by atoms with E-state index in [1.807, 2.05) is 0 Å². The third kappa shape index (κ3) is 2.00. The topological polar surface area (TPSA) is 72.3 Å². The average Bonchev–Trinajstić information content (AvgIpc) is 2.17. The minimum atomic E-state index is -1.21. The summed E-state index contributed by atoms with van der Waals surface area (Å²) >= 11 is 5.90. The molecule has 1 aromatic rings. The first-order valence-corrected chi connectivity index (χ1v) is 4.39. The number of nitrogens with two attached hydrogens (primary N) is 2. The average molecular weight is 201 g/mol. The van der Waals surface area contributed by atoms with Crippen molar-refractivity contribution in [3.8, 4) is 0 Å². The Balaban J connectivity index is 3.12. The molecule has 0 aliphatic rings. The standard InChI is InChI=1S/C9H13ClN2O/c10-8-4-2-1-3-7(8)9(13,5-11)6-12/h1-4,13H,5-6,11-12H2. The summed E-state index contributed by atoms with van der Waals surface area (Å²) in [5.74, 6) is 0. The van der Waals surface area contributed by atoms with Gasteiger partial charge in [-0.05, 0) is 6.07 Å². The van der Waals surface area contributed by atoms with Gasteiger partial charge in [-0.15, -0.1) is 0 Å². The van der Waals surface area contributed by atoms with Crippen molar-refractivity contribution in [3.05, 3.63) is 34.9 Å². The molecular weight excluding hydrogens is 188 g/mol. The van der Waals surface area contributed by atoms with Crippen LogP contribution in [0.4, 0.5) is 0 Å². The lowest BCUT2D eigenvalue weighted by molar-refractivity contribution is 0.0555. The fraction of sp³-hybridized carbons (Fsp3) is 0.333. The molecule has 4 heteroatoms. The Hall–Kier alpha value is -0.610. The fourth-order valence-corrected chi connectivity index (χ4v) is 1.45. The van der Waals surface area contributed by atoms with Gasteiger partial charge < -0.3 is 16.6 Å². The lowest BCUT2D eigenvalue weighted by Gasteiger charge is -2.25. The van der Waals surface area contributed by atoms with Gasteiger partial charge in [-0.3, -0.25) is 0 Å².